The second-order valence-electron chi connectivity index (χ2n) is 7.08. The van der Waals surface area contributed by atoms with Crippen LogP contribution in [0.1, 0.15) is 53.4 Å². The smallest absolute Gasteiger partial charge is 0.240 e. The Morgan fingerprint density at radius 2 is 2.09 bits per heavy atom. The molecule has 0 bridgehead atoms. The predicted molar refractivity (Wildman–Crippen MR) is 98.2 cm³/mol. The fourth-order valence-electron chi connectivity index (χ4n) is 3.53. The number of carbonyl (C=O) groups excluding carboxylic acids is 1. The fourth-order valence-corrected chi connectivity index (χ4v) is 3.82. The summed E-state index contributed by atoms with van der Waals surface area (Å²) in [5, 5.41) is 7.75. The lowest BCUT2D eigenvalue weighted by Crippen LogP contribution is -2.60. The molecule has 5 nitrogen and oxygen atoms in total. The van der Waals surface area contributed by atoms with Gasteiger partial charge in [-0.25, -0.2) is 0 Å². The monoisotopic (exact) mass is 340 g/mol. The second-order valence-corrected chi connectivity index (χ2v) is 7.47. The number of hydrogen-bond donors (Lipinski definition) is 2. The number of piperidine rings is 1. The van der Waals surface area contributed by atoms with Gasteiger partial charge in [-0.3, -0.25) is 10.1 Å². The van der Waals surface area contributed by atoms with Crippen molar-refractivity contribution in [3.63, 3.8) is 0 Å². The Balaban J connectivity index is 2.01. The van der Waals surface area contributed by atoms with Crippen LogP contribution in [0.4, 0.5) is 0 Å². The van der Waals surface area contributed by atoms with E-state index in [1.54, 1.807) is 0 Å². The number of nitrogens with one attached hydrogen (secondary N) is 2. The lowest BCUT2D eigenvalue weighted by molar-refractivity contribution is -0.133. The van der Waals surface area contributed by atoms with Gasteiger partial charge in [-0.05, 0) is 31.5 Å². The molecule has 132 valence electrons. The third-order valence-electron chi connectivity index (χ3n) is 5.23. The van der Waals surface area contributed by atoms with Crippen LogP contribution in [0, 0.1) is 5.92 Å². The maximum Gasteiger partial charge on any atom is 0.240 e. The molecule has 0 unspecified atom stereocenters. The van der Waals surface area contributed by atoms with E-state index in [9.17, 15) is 4.79 Å². The van der Waals surface area contributed by atoms with Gasteiger partial charge in [0.05, 0.1) is 11.7 Å². The van der Waals surface area contributed by atoms with Crippen molar-refractivity contribution >= 4 is 23.2 Å². The van der Waals surface area contributed by atoms with Crippen LogP contribution in [0.2, 0.25) is 0 Å². The summed E-state index contributed by atoms with van der Waals surface area (Å²) < 4.78 is 0. The zero-order chi connectivity index (χ0) is 17.0. The van der Waals surface area contributed by atoms with E-state index >= 15 is 0 Å². The first kappa shape index (κ1) is 18.5. The van der Waals surface area contributed by atoms with Crippen molar-refractivity contribution in [2.45, 2.75) is 65.1 Å². The van der Waals surface area contributed by atoms with Crippen LogP contribution in [-0.2, 0) is 4.79 Å². The van der Waals surface area contributed by atoms with Crippen LogP contribution in [0.15, 0.2) is 0 Å². The van der Waals surface area contributed by atoms with Crippen molar-refractivity contribution in [2.24, 2.45) is 5.92 Å². The van der Waals surface area contributed by atoms with Crippen molar-refractivity contribution in [3.05, 3.63) is 0 Å². The molecule has 2 aliphatic heterocycles. The molecule has 0 aliphatic carbocycles. The lowest BCUT2D eigenvalue weighted by Gasteiger charge is -2.46. The molecule has 0 aromatic heterocycles. The van der Waals surface area contributed by atoms with Gasteiger partial charge in [-0.1, -0.05) is 27.2 Å². The summed E-state index contributed by atoms with van der Waals surface area (Å²) in [7, 11) is 0. The summed E-state index contributed by atoms with van der Waals surface area (Å²) in [6.45, 7) is 12.1. The van der Waals surface area contributed by atoms with Crippen LogP contribution >= 0.6 is 12.2 Å². The van der Waals surface area contributed by atoms with E-state index in [0.29, 0.717) is 5.92 Å². The molecule has 2 fully saturated rings. The van der Waals surface area contributed by atoms with Crippen molar-refractivity contribution in [2.75, 3.05) is 26.2 Å². The Morgan fingerprint density at radius 1 is 1.43 bits per heavy atom. The Kier molecular flexibility index (Phi) is 6.26. The highest BCUT2D eigenvalue weighted by molar-refractivity contribution is 7.80. The molecule has 2 atom stereocenters. The van der Waals surface area contributed by atoms with Gasteiger partial charge in [0, 0.05) is 39.0 Å². The molecule has 23 heavy (non-hydrogen) atoms. The number of hydrogen-bond acceptors (Lipinski definition) is 3. The SMILES string of the molecule is CCCNC(=S)N1CCC2(CC1)N[C@H](C)C(=O)N2C[C@@H](C)CC. The normalized spacial score (nSPS) is 25.0. The lowest BCUT2D eigenvalue weighted by atomic mass is 9.94. The largest absolute Gasteiger partial charge is 0.363 e. The molecule has 2 rings (SSSR count). The van der Waals surface area contributed by atoms with E-state index in [1.807, 2.05) is 6.92 Å². The molecular formula is C17H32N4OS. The van der Waals surface area contributed by atoms with Gasteiger partial charge in [-0.2, -0.15) is 0 Å². The number of amides is 1. The molecule has 0 radical (unpaired) electrons. The van der Waals surface area contributed by atoms with Crippen LogP contribution in [0.5, 0.6) is 0 Å². The average Bonchev–Trinajstić information content (AvgIpc) is 2.77. The van der Waals surface area contributed by atoms with E-state index in [2.05, 4.69) is 41.2 Å². The van der Waals surface area contributed by atoms with Crippen LogP contribution in [0.3, 0.4) is 0 Å². The molecule has 0 saturated carbocycles. The van der Waals surface area contributed by atoms with Gasteiger partial charge in [0.1, 0.15) is 0 Å². The first-order valence-corrected chi connectivity index (χ1v) is 9.46. The third kappa shape index (κ3) is 3.97. The first-order valence-electron chi connectivity index (χ1n) is 9.05. The Labute approximate surface area is 146 Å². The maximum absolute atomic E-state index is 12.6. The van der Waals surface area contributed by atoms with Gasteiger partial charge in [0.15, 0.2) is 5.11 Å². The van der Waals surface area contributed by atoms with Crippen molar-refractivity contribution in [1.29, 1.82) is 0 Å². The van der Waals surface area contributed by atoms with E-state index in [-0.39, 0.29) is 17.6 Å². The zero-order valence-electron chi connectivity index (χ0n) is 15.0. The van der Waals surface area contributed by atoms with Crippen molar-refractivity contribution < 1.29 is 4.79 Å². The summed E-state index contributed by atoms with van der Waals surface area (Å²) in [4.78, 5) is 17.0. The molecule has 0 aromatic rings. The van der Waals surface area contributed by atoms with E-state index in [1.165, 1.54) is 0 Å². The van der Waals surface area contributed by atoms with E-state index in [4.69, 9.17) is 12.2 Å². The number of likely N-dealkylation sites (tertiary alicyclic amines) is 1. The van der Waals surface area contributed by atoms with Gasteiger partial charge < -0.3 is 15.1 Å². The van der Waals surface area contributed by atoms with Gasteiger partial charge in [-0.15, -0.1) is 0 Å². The Morgan fingerprint density at radius 3 is 2.65 bits per heavy atom. The topological polar surface area (TPSA) is 47.6 Å². The summed E-state index contributed by atoms with van der Waals surface area (Å²) in [6, 6.07) is -0.0734. The molecule has 1 amide bonds. The van der Waals surface area contributed by atoms with Crippen molar-refractivity contribution in [1.82, 2.24) is 20.4 Å². The zero-order valence-corrected chi connectivity index (χ0v) is 15.8. The number of thiocarbonyl (C=S) groups is 1. The molecule has 1 spiro atoms. The summed E-state index contributed by atoms with van der Waals surface area (Å²) in [6.07, 6.45) is 4.06. The Bertz CT molecular complexity index is 434. The molecular weight excluding hydrogens is 308 g/mol. The predicted octanol–water partition coefficient (Wildman–Crippen LogP) is 1.93. The highest BCUT2D eigenvalue weighted by Gasteiger charge is 2.50. The van der Waals surface area contributed by atoms with Crippen molar-refractivity contribution in [3.8, 4) is 0 Å². The van der Waals surface area contributed by atoms with E-state index in [0.717, 1.165) is 57.0 Å². The van der Waals surface area contributed by atoms with Gasteiger partial charge in [0.25, 0.3) is 0 Å². The minimum absolute atomic E-state index is 0.0734. The fraction of sp³-hybridized carbons (Fsp3) is 0.882. The molecule has 6 heteroatoms. The molecule has 2 heterocycles. The number of carbonyl (C=O) groups is 1. The minimum Gasteiger partial charge on any atom is -0.363 e. The number of nitrogens with zero attached hydrogens (tertiary/aromatic N) is 2. The molecule has 2 N–H and O–H groups in total. The first-order chi connectivity index (χ1) is 10.9. The average molecular weight is 341 g/mol. The molecule has 2 aliphatic rings. The Hall–Kier alpha value is -0.880. The summed E-state index contributed by atoms with van der Waals surface area (Å²) in [5.74, 6) is 0.790. The quantitative estimate of drug-likeness (QED) is 0.749. The number of rotatable bonds is 5. The molecule has 2 saturated heterocycles. The molecule has 0 aromatic carbocycles. The maximum atomic E-state index is 12.6. The van der Waals surface area contributed by atoms with Crippen LogP contribution < -0.4 is 10.6 Å². The highest BCUT2D eigenvalue weighted by atomic mass is 32.1. The second kappa shape index (κ2) is 7.79. The van der Waals surface area contributed by atoms with E-state index < -0.39 is 0 Å². The van der Waals surface area contributed by atoms with Crippen LogP contribution in [0.25, 0.3) is 0 Å². The highest BCUT2D eigenvalue weighted by Crippen LogP contribution is 2.33. The van der Waals surface area contributed by atoms with Gasteiger partial charge in [0.2, 0.25) is 5.91 Å². The summed E-state index contributed by atoms with van der Waals surface area (Å²) >= 11 is 5.48. The van der Waals surface area contributed by atoms with Gasteiger partial charge >= 0.3 is 0 Å². The standard InChI is InChI=1S/C17H32N4OS/c1-5-9-18-16(23)20-10-7-17(8-11-20)19-14(4)15(22)21(17)12-13(3)6-2/h13-14,19H,5-12H2,1-4H3,(H,18,23)/t13-,14+/m0/s1. The minimum atomic E-state index is -0.170. The third-order valence-corrected chi connectivity index (χ3v) is 5.64. The van der Waals surface area contributed by atoms with Crippen LogP contribution in [-0.4, -0.2) is 58.7 Å². The summed E-state index contributed by atoms with van der Waals surface area (Å²) in [5.41, 5.74) is -0.170.